The van der Waals surface area contributed by atoms with Crippen LogP contribution in [0.4, 0.5) is 0 Å². The summed E-state index contributed by atoms with van der Waals surface area (Å²) >= 11 is 0. The van der Waals surface area contributed by atoms with Crippen LogP contribution in [0.5, 0.6) is 0 Å². The van der Waals surface area contributed by atoms with Gasteiger partial charge in [-0.25, -0.2) is 0 Å². The lowest BCUT2D eigenvalue weighted by atomic mass is 9.92. The van der Waals surface area contributed by atoms with Crippen LogP contribution in [0.1, 0.15) is 20.8 Å². The maximum absolute atomic E-state index is 11.5. The minimum Gasteiger partial charge on any atom is -0.394 e. The Bertz CT molecular complexity index is 578. The lowest BCUT2D eigenvalue weighted by Crippen LogP contribution is -2.68. The van der Waals surface area contributed by atoms with Gasteiger partial charge < -0.3 is 50.4 Å². The zero-order valence-electron chi connectivity index (χ0n) is 16.5. The van der Waals surface area contributed by atoms with E-state index in [1.807, 2.05) is 0 Å². The first-order valence-corrected chi connectivity index (χ1v) is 9.37. The third-order valence-electron chi connectivity index (χ3n) is 5.06. The monoisotopic (exact) mass is 422 g/mol. The zero-order chi connectivity index (χ0) is 21.9. The highest BCUT2D eigenvalue weighted by Gasteiger charge is 2.50. The van der Waals surface area contributed by atoms with E-state index in [9.17, 15) is 35.1 Å². The van der Waals surface area contributed by atoms with Crippen LogP contribution < -0.4 is 10.6 Å². The number of aliphatic hydroxyl groups is 5. The Morgan fingerprint density at radius 1 is 0.862 bits per heavy atom. The molecule has 2 saturated heterocycles. The molecule has 12 nitrogen and oxygen atoms in total. The van der Waals surface area contributed by atoms with Crippen LogP contribution in [0.25, 0.3) is 0 Å². The third kappa shape index (κ3) is 5.41. The van der Waals surface area contributed by atoms with Crippen molar-refractivity contribution in [1.29, 1.82) is 0 Å². The van der Waals surface area contributed by atoms with Crippen LogP contribution in [0, 0.1) is 0 Å². The minimum atomic E-state index is -1.53. The average molecular weight is 422 g/mol. The number of carbonyl (C=O) groups is 2. The van der Waals surface area contributed by atoms with Gasteiger partial charge in [0.2, 0.25) is 11.8 Å². The summed E-state index contributed by atoms with van der Waals surface area (Å²) in [5.74, 6) is -0.945. The smallest absolute Gasteiger partial charge is 0.217 e. The summed E-state index contributed by atoms with van der Waals surface area (Å²) in [6.07, 6.45) is -9.80. The van der Waals surface area contributed by atoms with Crippen molar-refractivity contribution in [1.82, 2.24) is 10.6 Å². The second kappa shape index (κ2) is 10.1. The van der Waals surface area contributed by atoms with Crippen LogP contribution in [0.2, 0.25) is 0 Å². The van der Waals surface area contributed by atoms with E-state index in [1.54, 1.807) is 6.92 Å². The fourth-order valence-electron chi connectivity index (χ4n) is 3.63. The summed E-state index contributed by atoms with van der Waals surface area (Å²) < 4.78 is 16.9. The van der Waals surface area contributed by atoms with E-state index in [-0.39, 0.29) is 0 Å². The van der Waals surface area contributed by atoms with Crippen molar-refractivity contribution in [2.75, 3.05) is 13.2 Å². The van der Waals surface area contributed by atoms with E-state index in [0.717, 1.165) is 0 Å². The van der Waals surface area contributed by atoms with Crippen LogP contribution >= 0.6 is 0 Å². The molecule has 0 aromatic heterocycles. The molecule has 0 spiro atoms. The van der Waals surface area contributed by atoms with Crippen molar-refractivity contribution < 1.29 is 49.3 Å². The lowest BCUT2D eigenvalue weighted by molar-refractivity contribution is -0.313. The van der Waals surface area contributed by atoms with Crippen molar-refractivity contribution in [2.24, 2.45) is 0 Å². The molecule has 12 heteroatoms. The first kappa shape index (κ1) is 23.9. The van der Waals surface area contributed by atoms with E-state index in [1.165, 1.54) is 13.8 Å². The van der Waals surface area contributed by atoms with Crippen molar-refractivity contribution in [2.45, 2.75) is 81.9 Å². The van der Waals surface area contributed by atoms with Crippen LogP contribution in [-0.2, 0) is 23.8 Å². The first-order chi connectivity index (χ1) is 13.6. The maximum atomic E-state index is 11.5. The van der Waals surface area contributed by atoms with Gasteiger partial charge in [0, 0.05) is 13.8 Å². The van der Waals surface area contributed by atoms with Crippen molar-refractivity contribution in [3.8, 4) is 0 Å². The van der Waals surface area contributed by atoms with Gasteiger partial charge in [0.1, 0.15) is 42.7 Å². The zero-order valence-corrected chi connectivity index (χ0v) is 16.5. The Balaban J connectivity index is 2.26. The fraction of sp³-hybridized carbons (Fsp3) is 0.882. The number of hydrogen-bond donors (Lipinski definition) is 7. The minimum absolute atomic E-state index is 0.408. The molecule has 2 amide bonds. The molecule has 2 aliphatic heterocycles. The Hall–Kier alpha value is -1.38. The summed E-state index contributed by atoms with van der Waals surface area (Å²) in [5, 5.41) is 55.2. The van der Waals surface area contributed by atoms with Gasteiger partial charge in [-0.05, 0) is 6.92 Å². The number of carbonyl (C=O) groups excluding carboxylic acids is 2. The van der Waals surface area contributed by atoms with Gasteiger partial charge >= 0.3 is 0 Å². The Morgan fingerprint density at radius 2 is 1.41 bits per heavy atom. The first-order valence-electron chi connectivity index (χ1n) is 9.37. The van der Waals surface area contributed by atoms with E-state index >= 15 is 0 Å². The van der Waals surface area contributed by atoms with Gasteiger partial charge in [0.25, 0.3) is 0 Å². The summed E-state index contributed by atoms with van der Waals surface area (Å²) in [6.45, 7) is 2.92. The third-order valence-corrected chi connectivity index (χ3v) is 5.06. The number of rotatable bonds is 6. The number of amides is 2. The number of nitrogens with one attached hydrogen (secondary N) is 2. The van der Waals surface area contributed by atoms with E-state index in [4.69, 9.17) is 14.2 Å². The quantitative estimate of drug-likeness (QED) is 0.222. The van der Waals surface area contributed by atoms with Crippen LogP contribution in [-0.4, -0.2) is 112 Å². The van der Waals surface area contributed by atoms with Gasteiger partial charge in [0.15, 0.2) is 6.29 Å². The number of ether oxygens (including phenoxy) is 3. The molecule has 2 heterocycles. The summed E-state index contributed by atoms with van der Waals surface area (Å²) in [7, 11) is 0. The molecule has 10 unspecified atom stereocenters. The number of aliphatic hydroxyl groups excluding tert-OH is 5. The normalized spacial score (nSPS) is 42.9. The molecule has 10 atom stereocenters. The molecular weight excluding hydrogens is 392 g/mol. The Morgan fingerprint density at radius 3 is 1.93 bits per heavy atom. The van der Waals surface area contributed by atoms with Gasteiger partial charge in [-0.15, -0.1) is 0 Å². The summed E-state index contributed by atoms with van der Waals surface area (Å²) in [6, 6.07) is -2.08. The second-order valence-electron chi connectivity index (χ2n) is 7.31. The van der Waals surface area contributed by atoms with E-state index in [2.05, 4.69) is 10.6 Å². The Kier molecular flexibility index (Phi) is 8.31. The molecule has 2 fully saturated rings. The second-order valence-corrected chi connectivity index (χ2v) is 7.31. The van der Waals surface area contributed by atoms with Crippen LogP contribution in [0.3, 0.4) is 0 Å². The predicted octanol–water partition coefficient (Wildman–Crippen LogP) is -4.04. The highest BCUT2D eigenvalue weighted by molar-refractivity contribution is 5.73. The standard InChI is InChI=1S/C17H30N2O10/c1-6-11(18-7(2)22)15(26)16(10(5-21)27-6)29-17-12(19-8(3)23)14(25)13(24)9(4-20)28-17/h6,9-17,20-21,24-26H,4-5H2,1-3H3,(H,18,22)(H,19,23). The highest BCUT2D eigenvalue weighted by atomic mass is 16.7. The molecule has 0 bridgehead atoms. The van der Waals surface area contributed by atoms with Gasteiger partial charge in [-0.3, -0.25) is 9.59 Å². The molecule has 0 aromatic rings. The fourth-order valence-corrected chi connectivity index (χ4v) is 3.63. The lowest BCUT2D eigenvalue weighted by Gasteiger charge is -2.47. The van der Waals surface area contributed by atoms with E-state index < -0.39 is 86.1 Å². The molecule has 7 N–H and O–H groups in total. The molecule has 0 aliphatic carbocycles. The predicted molar refractivity (Wildman–Crippen MR) is 95.3 cm³/mol. The van der Waals surface area contributed by atoms with Crippen LogP contribution in [0.15, 0.2) is 0 Å². The highest BCUT2D eigenvalue weighted by Crippen LogP contribution is 2.29. The topological polar surface area (TPSA) is 187 Å². The molecule has 0 saturated carbocycles. The largest absolute Gasteiger partial charge is 0.394 e. The molecule has 2 rings (SSSR count). The molecular formula is C17H30N2O10. The molecule has 2 aliphatic rings. The molecule has 29 heavy (non-hydrogen) atoms. The van der Waals surface area contributed by atoms with Gasteiger partial charge in [-0.2, -0.15) is 0 Å². The van der Waals surface area contributed by atoms with Gasteiger partial charge in [0.05, 0.1) is 25.4 Å². The van der Waals surface area contributed by atoms with E-state index in [0.29, 0.717) is 0 Å². The van der Waals surface area contributed by atoms with Gasteiger partial charge in [-0.1, -0.05) is 0 Å². The van der Waals surface area contributed by atoms with Crippen molar-refractivity contribution >= 4 is 11.8 Å². The van der Waals surface area contributed by atoms with Crippen molar-refractivity contribution in [3.05, 3.63) is 0 Å². The SMILES string of the molecule is CC(=O)NC1C(C)OC(CO)C(OC2OC(CO)C(O)C(O)C2NC(C)=O)C1O. The maximum Gasteiger partial charge on any atom is 0.217 e. The number of hydrogen-bond acceptors (Lipinski definition) is 10. The Labute approximate surface area is 167 Å². The summed E-state index contributed by atoms with van der Waals surface area (Å²) in [5.41, 5.74) is 0. The molecule has 0 aromatic carbocycles. The average Bonchev–Trinajstić information content (AvgIpc) is 2.65. The summed E-state index contributed by atoms with van der Waals surface area (Å²) in [4.78, 5) is 23.0. The molecule has 0 radical (unpaired) electrons. The van der Waals surface area contributed by atoms with Crippen molar-refractivity contribution in [3.63, 3.8) is 0 Å². The molecule has 168 valence electrons.